The van der Waals surface area contributed by atoms with E-state index in [9.17, 15) is 23.1 Å². The normalized spacial score (nSPS) is 18.6. The number of rotatable bonds is 10. The van der Waals surface area contributed by atoms with Crippen LogP contribution in [0, 0.1) is 6.92 Å². The van der Waals surface area contributed by atoms with Crippen LogP contribution in [0.15, 0.2) is 66.9 Å². The zero-order chi connectivity index (χ0) is 37.0. The second kappa shape index (κ2) is 16.2. The lowest BCUT2D eigenvalue weighted by Crippen LogP contribution is -2.36. The Kier molecular flexibility index (Phi) is 11.7. The number of halogens is 4. The summed E-state index contributed by atoms with van der Waals surface area (Å²) < 4.78 is 49.0. The lowest BCUT2D eigenvalue weighted by molar-refractivity contribution is -0.137. The summed E-state index contributed by atoms with van der Waals surface area (Å²) in [7, 11) is 1.49. The highest BCUT2D eigenvalue weighted by molar-refractivity contribution is 6.36. The topological polar surface area (TPSA) is 77.9 Å². The largest absolute Gasteiger partial charge is 0.496 e. The van der Waals surface area contributed by atoms with Gasteiger partial charge in [0.15, 0.2) is 0 Å². The summed E-state index contributed by atoms with van der Waals surface area (Å²) in [5.74, 6) is 0.0125. The molecule has 0 bridgehead atoms. The zero-order valence-electron chi connectivity index (χ0n) is 29.6. The molecule has 2 fully saturated rings. The standard InChI is InChI=1S/C41H44ClF3N4O3/c1-26-8-4-5-18-49(26)24-31-20-35(41(43,44)45)30(21-38(31)52-3)15-14-29-9-6-10-33(27(29)2)34-11-7-12-36(39(34)42)47-40(51)37-16-13-28(22-46-37)23-48-19-17-32(50)25-48/h6-7,9-16,20-22,26,32,50H,4-5,8,17-19,23-25H2,1-3H3,(H,47,51)/b15-14+/t26-,32-/m1/s1. The van der Waals surface area contributed by atoms with Crippen molar-refractivity contribution >= 4 is 35.3 Å². The van der Waals surface area contributed by atoms with E-state index in [1.165, 1.54) is 25.3 Å². The van der Waals surface area contributed by atoms with Gasteiger partial charge in [-0.2, -0.15) is 13.2 Å². The van der Waals surface area contributed by atoms with E-state index in [-0.39, 0.29) is 17.4 Å². The van der Waals surface area contributed by atoms with Gasteiger partial charge in [0.05, 0.1) is 29.5 Å². The number of nitrogens with zero attached hydrogens (tertiary/aromatic N) is 3. The van der Waals surface area contributed by atoms with Gasteiger partial charge in [-0.3, -0.25) is 19.6 Å². The van der Waals surface area contributed by atoms with Gasteiger partial charge in [-0.05, 0) is 91.7 Å². The number of β-amino-alcohol motifs (C(OH)–C–C–N with tert-alkyl or cyclic N) is 1. The number of aliphatic hydroxyl groups is 1. The Morgan fingerprint density at radius 2 is 1.79 bits per heavy atom. The molecular weight excluding hydrogens is 689 g/mol. The third-order valence-electron chi connectivity index (χ3n) is 10.1. The monoisotopic (exact) mass is 732 g/mol. The Labute approximate surface area is 308 Å². The second-order valence-corrected chi connectivity index (χ2v) is 14.1. The van der Waals surface area contributed by atoms with Gasteiger partial charge in [0.1, 0.15) is 11.4 Å². The average molecular weight is 733 g/mol. The number of ether oxygens (including phenoxy) is 1. The van der Waals surface area contributed by atoms with Crippen LogP contribution in [0.25, 0.3) is 23.3 Å². The average Bonchev–Trinajstić information content (AvgIpc) is 3.53. The highest BCUT2D eigenvalue weighted by Crippen LogP contribution is 2.39. The number of likely N-dealkylation sites (tertiary alicyclic amines) is 2. The van der Waals surface area contributed by atoms with Crippen molar-refractivity contribution < 1.29 is 27.8 Å². The van der Waals surface area contributed by atoms with Crippen molar-refractivity contribution in [1.29, 1.82) is 0 Å². The maximum Gasteiger partial charge on any atom is 0.417 e. The highest BCUT2D eigenvalue weighted by Gasteiger charge is 2.34. The van der Waals surface area contributed by atoms with Crippen molar-refractivity contribution in [2.45, 2.75) is 70.9 Å². The number of aromatic nitrogens is 1. The number of benzene rings is 3. The van der Waals surface area contributed by atoms with Crippen molar-refractivity contribution in [1.82, 2.24) is 14.8 Å². The minimum Gasteiger partial charge on any atom is -0.496 e. The SMILES string of the molecule is COc1cc(/C=C/c2cccc(-c3cccc(NC(=O)c4ccc(CN5CC[C@@H](O)C5)cn4)c3Cl)c2C)c(C(F)(F)F)cc1CN1CCCC[C@H]1C. The molecule has 0 spiro atoms. The van der Waals surface area contributed by atoms with Crippen LogP contribution in [0.2, 0.25) is 5.02 Å². The molecule has 2 aliphatic heterocycles. The summed E-state index contributed by atoms with van der Waals surface area (Å²) in [6.45, 7) is 7.33. The molecule has 3 heterocycles. The van der Waals surface area contributed by atoms with Crippen molar-refractivity contribution in [3.63, 3.8) is 0 Å². The molecule has 2 saturated heterocycles. The van der Waals surface area contributed by atoms with Gasteiger partial charge >= 0.3 is 6.18 Å². The predicted octanol–water partition coefficient (Wildman–Crippen LogP) is 9.10. The molecule has 0 unspecified atom stereocenters. The summed E-state index contributed by atoms with van der Waals surface area (Å²) in [5, 5.41) is 13.0. The number of anilines is 1. The van der Waals surface area contributed by atoms with Crippen LogP contribution in [0.4, 0.5) is 18.9 Å². The molecule has 6 rings (SSSR count). The number of piperidine rings is 1. The van der Waals surface area contributed by atoms with E-state index < -0.39 is 17.6 Å². The Bertz CT molecular complexity index is 1930. The van der Waals surface area contributed by atoms with Gasteiger partial charge in [0, 0.05) is 49.5 Å². The summed E-state index contributed by atoms with van der Waals surface area (Å²) in [6.07, 6.45) is 3.89. The molecule has 2 N–H and O–H groups in total. The molecule has 52 heavy (non-hydrogen) atoms. The predicted molar refractivity (Wildman–Crippen MR) is 200 cm³/mol. The number of carbonyl (C=O) groups is 1. The quantitative estimate of drug-likeness (QED) is 0.159. The van der Waals surface area contributed by atoms with Crippen LogP contribution < -0.4 is 10.1 Å². The van der Waals surface area contributed by atoms with Crippen LogP contribution in [0.3, 0.4) is 0 Å². The Balaban J connectivity index is 1.22. The van der Waals surface area contributed by atoms with Crippen LogP contribution in [0.5, 0.6) is 5.75 Å². The zero-order valence-corrected chi connectivity index (χ0v) is 30.4. The van der Waals surface area contributed by atoms with Crippen LogP contribution in [-0.4, -0.2) is 64.7 Å². The molecule has 2 aliphatic rings. The number of alkyl halides is 3. The fourth-order valence-electron chi connectivity index (χ4n) is 7.14. The number of methoxy groups -OCH3 is 1. The number of nitrogens with one attached hydrogen (secondary N) is 1. The first-order valence-corrected chi connectivity index (χ1v) is 18.0. The molecule has 0 saturated carbocycles. The van der Waals surface area contributed by atoms with Gasteiger partial charge in [0.2, 0.25) is 0 Å². The molecule has 0 radical (unpaired) electrons. The van der Waals surface area contributed by atoms with Gasteiger partial charge in [-0.15, -0.1) is 0 Å². The van der Waals surface area contributed by atoms with Crippen LogP contribution in [-0.2, 0) is 19.3 Å². The first kappa shape index (κ1) is 37.5. The fourth-order valence-corrected chi connectivity index (χ4v) is 7.42. The number of amides is 1. The fraction of sp³-hybridized carbons (Fsp3) is 0.366. The minimum absolute atomic E-state index is 0.0174. The summed E-state index contributed by atoms with van der Waals surface area (Å²) in [6, 6.07) is 17.4. The molecule has 2 atom stereocenters. The lowest BCUT2D eigenvalue weighted by Gasteiger charge is -2.33. The minimum atomic E-state index is -4.56. The van der Waals surface area contributed by atoms with Crippen LogP contribution in [0.1, 0.15) is 76.5 Å². The van der Waals surface area contributed by atoms with Gasteiger partial charge in [-0.25, -0.2) is 0 Å². The first-order valence-electron chi connectivity index (χ1n) is 17.7. The molecule has 1 amide bonds. The van der Waals surface area contributed by atoms with Crippen molar-refractivity contribution in [3.05, 3.63) is 111 Å². The molecular formula is C41H44ClF3N4O3. The molecule has 274 valence electrons. The number of hydrogen-bond acceptors (Lipinski definition) is 6. The van der Waals surface area contributed by atoms with Crippen molar-refractivity contribution in [3.8, 4) is 16.9 Å². The van der Waals surface area contributed by atoms with E-state index >= 15 is 0 Å². The molecule has 1 aromatic heterocycles. The Hall–Kier alpha value is -4.22. The summed E-state index contributed by atoms with van der Waals surface area (Å²) in [4.78, 5) is 21.9. The number of pyridine rings is 1. The van der Waals surface area contributed by atoms with E-state index in [4.69, 9.17) is 16.3 Å². The highest BCUT2D eigenvalue weighted by atomic mass is 35.5. The molecule has 11 heteroatoms. The van der Waals surface area contributed by atoms with E-state index in [1.54, 1.807) is 30.5 Å². The molecule has 3 aromatic carbocycles. The molecule has 7 nitrogen and oxygen atoms in total. The maximum absolute atomic E-state index is 14.4. The smallest absolute Gasteiger partial charge is 0.417 e. The van der Waals surface area contributed by atoms with Gasteiger partial charge < -0.3 is 15.2 Å². The van der Waals surface area contributed by atoms with E-state index in [1.807, 2.05) is 37.3 Å². The van der Waals surface area contributed by atoms with Crippen molar-refractivity contribution in [2.75, 3.05) is 32.1 Å². The second-order valence-electron chi connectivity index (χ2n) is 13.8. The van der Waals surface area contributed by atoms with E-state index in [0.29, 0.717) is 58.8 Å². The molecule has 0 aliphatic carbocycles. The number of carbonyl (C=O) groups excluding carboxylic acids is 1. The van der Waals surface area contributed by atoms with E-state index in [2.05, 4.69) is 27.0 Å². The Morgan fingerprint density at radius 1 is 1.02 bits per heavy atom. The van der Waals surface area contributed by atoms with Gasteiger partial charge in [-0.1, -0.05) is 66.6 Å². The third kappa shape index (κ3) is 8.69. The van der Waals surface area contributed by atoms with Crippen LogP contribution >= 0.6 is 11.6 Å². The van der Waals surface area contributed by atoms with Gasteiger partial charge in [0.25, 0.3) is 5.91 Å². The maximum atomic E-state index is 14.4. The van der Waals surface area contributed by atoms with Crippen molar-refractivity contribution in [2.24, 2.45) is 0 Å². The first-order chi connectivity index (χ1) is 24.9. The van der Waals surface area contributed by atoms with E-state index in [0.717, 1.165) is 55.5 Å². The Morgan fingerprint density at radius 3 is 2.48 bits per heavy atom. The lowest BCUT2D eigenvalue weighted by atomic mass is 9.94. The summed E-state index contributed by atoms with van der Waals surface area (Å²) >= 11 is 6.88. The molecule has 4 aromatic rings. The third-order valence-corrected chi connectivity index (χ3v) is 10.5. The summed E-state index contributed by atoms with van der Waals surface area (Å²) in [5.41, 5.74) is 4.38. The number of aliphatic hydroxyl groups excluding tert-OH is 1. The number of hydrogen-bond donors (Lipinski definition) is 2.